The molecule has 0 radical (unpaired) electrons. The minimum absolute atomic E-state index is 0.952. The quantitative estimate of drug-likeness (QED) is 0.876. The van der Waals surface area contributed by atoms with Gasteiger partial charge >= 0.3 is 0 Å². The Morgan fingerprint density at radius 2 is 2.06 bits per heavy atom. The molecule has 0 aromatic carbocycles. The van der Waals surface area contributed by atoms with E-state index in [9.17, 15) is 0 Å². The van der Waals surface area contributed by atoms with Crippen LogP contribution in [0.3, 0.4) is 0 Å². The smallest absolute Gasteiger partial charge is 0.138 e. The number of rotatable bonds is 5. The van der Waals surface area contributed by atoms with Crippen molar-refractivity contribution in [2.24, 2.45) is 0 Å². The fraction of sp³-hybridized carbons (Fsp3) is 0.538. The lowest BCUT2D eigenvalue weighted by Gasteiger charge is -2.07. The van der Waals surface area contributed by atoms with E-state index >= 15 is 0 Å². The summed E-state index contributed by atoms with van der Waals surface area (Å²) in [6.45, 7) is 7.41. The summed E-state index contributed by atoms with van der Waals surface area (Å²) in [6, 6.07) is 2.17. The highest BCUT2D eigenvalue weighted by Crippen LogP contribution is 2.28. The lowest BCUT2D eigenvalue weighted by atomic mass is 10.3. The van der Waals surface area contributed by atoms with E-state index < -0.39 is 0 Å². The van der Waals surface area contributed by atoms with Crippen LogP contribution in [0.2, 0.25) is 0 Å². The molecule has 0 atom stereocenters. The maximum absolute atomic E-state index is 4.63. The van der Waals surface area contributed by atoms with Crippen molar-refractivity contribution in [2.45, 2.75) is 40.0 Å². The van der Waals surface area contributed by atoms with Gasteiger partial charge in [0.15, 0.2) is 0 Å². The molecule has 0 bridgehead atoms. The molecule has 0 aliphatic carbocycles. The monoisotopic (exact) mass is 249 g/mol. The molecule has 92 valence electrons. The van der Waals surface area contributed by atoms with E-state index in [2.05, 4.69) is 42.1 Å². The van der Waals surface area contributed by atoms with Gasteiger partial charge in [0, 0.05) is 17.8 Å². The number of fused-ring (bicyclic) bond motifs is 1. The first-order valence-corrected chi connectivity index (χ1v) is 7.07. The van der Waals surface area contributed by atoms with Crippen molar-refractivity contribution < 1.29 is 0 Å². The van der Waals surface area contributed by atoms with Crippen LogP contribution >= 0.6 is 11.3 Å². The maximum Gasteiger partial charge on any atom is 0.138 e. The Labute approximate surface area is 106 Å². The predicted molar refractivity (Wildman–Crippen MR) is 74.9 cm³/mol. The van der Waals surface area contributed by atoms with E-state index in [-0.39, 0.29) is 0 Å². The average molecular weight is 249 g/mol. The number of nitrogens with zero attached hydrogens (tertiary/aromatic N) is 2. The molecule has 0 aliphatic rings. The topological polar surface area (TPSA) is 37.8 Å². The molecule has 0 amide bonds. The molecular weight excluding hydrogens is 230 g/mol. The van der Waals surface area contributed by atoms with Crippen molar-refractivity contribution in [3.63, 3.8) is 0 Å². The predicted octanol–water partition coefficient (Wildman–Crippen LogP) is 3.77. The van der Waals surface area contributed by atoms with Gasteiger partial charge in [-0.25, -0.2) is 9.97 Å². The second-order valence-corrected chi connectivity index (χ2v) is 5.48. The fourth-order valence-electron chi connectivity index (χ4n) is 1.80. The normalized spacial score (nSPS) is 11.0. The third kappa shape index (κ3) is 2.75. The van der Waals surface area contributed by atoms with Crippen LogP contribution in [0.25, 0.3) is 10.2 Å². The van der Waals surface area contributed by atoms with Crippen LogP contribution in [-0.2, 0) is 6.42 Å². The van der Waals surface area contributed by atoms with Crippen molar-refractivity contribution in [2.75, 3.05) is 11.9 Å². The standard InChI is InChI=1S/C13H19N3S/c1-4-6-11-15-12(14-7-5-2)10-8-9(3)17-13(10)16-11/h8H,4-7H2,1-3H3,(H,14,15,16). The Hall–Kier alpha value is -1.16. The number of thiophene rings is 1. The van der Waals surface area contributed by atoms with Crippen molar-refractivity contribution in [3.8, 4) is 0 Å². The Morgan fingerprint density at radius 1 is 1.24 bits per heavy atom. The Kier molecular flexibility index (Phi) is 3.94. The van der Waals surface area contributed by atoms with Crippen LogP contribution < -0.4 is 5.32 Å². The summed E-state index contributed by atoms with van der Waals surface area (Å²) < 4.78 is 0. The molecule has 0 saturated heterocycles. The molecule has 0 spiro atoms. The zero-order chi connectivity index (χ0) is 12.3. The first-order valence-electron chi connectivity index (χ1n) is 6.25. The highest BCUT2D eigenvalue weighted by Gasteiger charge is 2.09. The van der Waals surface area contributed by atoms with Gasteiger partial charge in [0.2, 0.25) is 0 Å². The molecule has 2 heterocycles. The van der Waals surface area contributed by atoms with Crippen LogP contribution in [0.1, 0.15) is 37.4 Å². The molecule has 2 aromatic heterocycles. The van der Waals surface area contributed by atoms with Gasteiger partial charge < -0.3 is 5.32 Å². The summed E-state index contributed by atoms with van der Waals surface area (Å²) in [5.41, 5.74) is 0. The lowest BCUT2D eigenvalue weighted by Crippen LogP contribution is -2.05. The summed E-state index contributed by atoms with van der Waals surface area (Å²) in [6.07, 6.45) is 3.15. The SMILES string of the molecule is CCCNc1nc(CCC)nc2sc(C)cc12. The third-order valence-corrected chi connectivity index (χ3v) is 3.52. The van der Waals surface area contributed by atoms with E-state index in [0.29, 0.717) is 0 Å². The van der Waals surface area contributed by atoms with Gasteiger partial charge in [0.25, 0.3) is 0 Å². The number of hydrogen-bond donors (Lipinski definition) is 1. The number of anilines is 1. The zero-order valence-electron chi connectivity index (χ0n) is 10.7. The van der Waals surface area contributed by atoms with Gasteiger partial charge in [-0.1, -0.05) is 13.8 Å². The van der Waals surface area contributed by atoms with Crippen LogP contribution in [0, 0.1) is 6.92 Å². The highest BCUT2D eigenvalue weighted by molar-refractivity contribution is 7.18. The van der Waals surface area contributed by atoms with Crippen LogP contribution in [0.4, 0.5) is 5.82 Å². The van der Waals surface area contributed by atoms with E-state index in [4.69, 9.17) is 0 Å². The van der Waals surface area contributed by atoms with Gasteiger partial charge in [-0.05, 0) is 25.8 Å². The molecule has 2 rings (SSSR count). The number of hydrogen-bond acceptors (Lipinski definition) is 4. The van der Waals surface area contributed by atoms with Gasteiger partial charge in [-0.3, -0.25) is 0 Å². The Bertz CT molecular complexity index is 505. The third-order valence-electron chi connectivity index (χ3n) is 2.58. The minimum atomic E-state index is 0.952. The molecule has 3 nitrogen and oxygen atoms in total. The Morgan fingerprint density at radius 3 is 2.76 bits per heavy atom. The molecule has 0 unspecified atom stereocenters. The van der Waals surface area contributed by atoms with E-state index in [1.54, 1.807) is 11.3 Å². The van der Waals surface area contributed by atoms with E-state index in [1.165, 1.54) is 10.3 Å². The highest BCUT2D eigenvalue weighted by atomic mass is 32.1. The van der Waals surface area contributed by atoms with Gasteiger partial charge in [-0.2, -0.15) is 0 Å². The first kappa shape index (κ1) is 12.3. The molecule has 1 N–H and O–H groups in total. The molecule has 17 heavy (non-hydrogen) atoms. The van der Waals surface area contributed by atoms with E-state index in [1.807, 2.05) is 0 Å². The summed E-state index contributed by atoms with van der Waals surface area (Å²) in [5, 5.41) is 4.57. The molecule has 2 aromatic rings. The second-order valence-electron chi connectivity index (χ2n) is 4.24. The summed E-state index contributed by atoms with van der Waals surface area (Å²) in [4.78, 5) is 11.7. The average Bonchev–Trinajstić information content (AvgIpc) is 2.67. The van der Waals surface area contributed by atoms with Crippen molar-refractivity contribution in [3.05, 3.63) is 16.8 Å². The molecule has 0 aliphatic heterocycles. The zero-order valence-corrected chi connectivity index (χ0v) is 11.5. The first-order chi connectivity index (χ1) is 8.24. The molecule has 4 heteroatoms. The maximum atomic E-state index is 4.63. The summed E-state index contributed by atoms with van der Waals surface area (Å²) in [5.74, 6) is 1.96. The van der Waals surface area contributed by atoms with Crippen LogP contribution in [-0.4, -0.2) is 16.5 Å². The number of nitrogens with one attached hydrogen (secondary N) is 1. The minimum Gasteiger partial charge on any atom is -0.369 e. The van der Waals surface area contributed by atoms with Crippen LogP contribution in [0.15, 0.2) is 6.07 Å². The van der Waals surface area contributed by atoms with E-state index in [0.717, 1.165) is 42.3 Å². The molecular formula is C13H19N3S. The van der Waals surface area contributed by atoms with Crippen LogP contribution in [0.5, 0.6) is 0 Å². The van der Waals surface area contributed by atoms with Gasteiger partial charge in [0.05, 0.1) is 5.39 Å². The fourth-order valence-corrected chi connectivity index (χ4v) is 2.70. The summed E-state index contributed by atoms with van der Waals surface area (Å²) >= 11 is 1.75. The lowest BCUT2D eigenvalue weighted by molar-refractivity contribution is 0.843. The van der Waals surface area contributed by atoms with Crippen molar-refractivity contribution >= 4 is 27.4 Å². The number of aryl methyl sites for hydroxylation is 2. The van der Waals surface area contributed by atoms with Crippen molar-refractivity contribution in [1.29, 1.82) is 0 Å². The van der Waals surface area contributed by atoms with Crippen molar-refractivity contribution in [1.82, 2.24) is 9.97 Å². The number of aromatic nitrogens is 2. The van der Waals surface area contributed by atoms with Gasteiger partial charge in [0.1, 0.15) is 16.5 Å². The second kappa shape index (κ2) is 5.45. The largest absolute Gasteiger partial charge is 0.369 e. The molecule has 0 fully saturated rings. The van der Waals surface area contributed by atoms with Gasteiger partial charge in [-0.15, -0.1) is 11.3 Å². The summed E-state index contributed by atoms with van der Waals surface area (Å²) in [7, 11) is 0. The Balaban J connectivity index is 2.44. The molecule has 0 saturated carbocycles.